The molecule has 0 aliphatic heterocycles. The average molecular weight is 382 g/mol. The molecule has 0 atom stereocenters. The van der Waals surface area contributed by atoms with Crippen LogP contribution in [0.1, 0.15) is 29.8 Å². The molecule has 2 rings (SSSR count). The van der Waals surface area contributed by atoms with Crippen LogP contribution < -0.4 is 15.6 Å². The first-order chi connectivity index (χ1) is 13.4. The van der Waals surface area contributed by atoms with E-state index >= 15 is 0 Å². The molecule has 0 spiro atoms. The Morgan fingerprint density at radius 3 is 2.32 bits per heavy atom. The highest BCUT2D eigenvalue weighted by atomic mass is 16.4. The second-order valence-electron chi connectivity index (χ2n) is 5.80. The number of nitrogens with zero attached hydrogens (tertiary/aromatic N) is 2. The number of benzene rings is 2. The van der Waals surface area contributed by atoms with Gasteiger partial charge in [0.1, 0.15) is 0 Å². The molecule has 0 aliphatic rings. The zero-order valence-electron chi connectivity index (χ0n) is 15.7. The molecular formula is C20H22N4O4. The number of anilines is 2. The number of aromatic carboxylic acids is 1. The monoisotopic (exact) mass is 382 g/mol. The molecule has 0 fully saturated rings. The van der Waals surface area contributed by atoms with Gasteiger partial charge in [0, 0.05) is 24.5 Å². The molecule has 2 aromatic rings. The maximum absolute atomic E-state index is 11.9. The summed E-state index contributed by atoms with van der Waals surface area (Å²) in [4.78, 5) is 36.8. The van der Waals surface area contributed by atoms with Gasteiger partial charge in [-0.05, 0) is 49.7 Å². The number of hydrogen-bond acceptors (Lipinski definition) is 5. The van der Waals surface area contributed by atoms with Crippen molar-refractivity contribution in [3.63, 3.8) is 0 Å². The molecular weight excluding hydrogens is 360 g/mol. The van der Waals surface area contributed by atoms with Gasteiger partial charge in [0.15, 0.2) is 0 Å². The molecule has 0 heterocycles. The van der Waals surface area contributed by atoms with E-state index in [1.54, 1.807) is 0 Å². The van der Waals surface area contributed by atoms with Crippen molar-refractivity contribution in [1.82, 2.24) is 5.43 Å². The Hall–Kier alpha value is -3.68. The van der Waals surface area contributed by atoms with E-state index in [4.69, 9.17) is 5.11 Å². The third-order valence-electron chi connectivity index (χ3n) is 3.98. The Labute approximate surface area is 162 Å². The summed E-state index contributed by atoms with van der Waals surface area (Å²) >= 11 is 0. The molecule has 8 nitrogen and oxygen atoms in total. The van der Waals surface area contributed by atoms with Crippen molar-refractivity contribution in [3.05, 3.63) is 59.7 Å². The molecule has 2 aromatic carbocycles. The number of carbonyl (C=O) groups excluding carboxylic acids is 2. The highest BCUT2D eigenvalue weighted by Gasteiger charge is 2.13. The van der Waals surface area contributed by atoms with Crippen LogP contribution in [0, 0.1) is 0 Å². The fraction of sp³-hybridized carbons (Fsp3) is 0.200. The van der Waals surface area contributed by atoms with Gasteiger partial charge in [0.2, 0.25) is 0 Å². The van der Waals surface area contributed by atoms with E-state index in [0.29, 0.717) is 0 Å². The summed E-state index contributed by atoms with van der Waals surface area (Å²) in [6.45, 7) is 5.98. The molecule has 0 saturated carbocycles. The number of carboxylic acid groups (broad SMARTS) is 1. The molecule has 2 amide bonds. The Morgan fingerprint density at radius 2 is 1.71 bits per heavy atom. The summed E-state index contributed by atoms with van der Waals surface area (Å²) < 4.78 is 0. The van der Waals surface area contributed by atoms with Crippen LogP contribution in [0.3, 0.4) is 0 Å². The van der Waals surface area contributed by atoms with Crippen molar-refractivity contribution < 1.29 is 19.5 Å². The van der Waals surface area contributed by atoms with E-state index in [0.717, 1.165) is 24.3 Å². The van der Waals surface area contributed by atoms with Gasteiger partial charge in [0.05, 0.1) is 11.8 Å². The van der Waals surface area contributed by atoms with Crippen molar-refractivity contribution in [3.8, 4) is 0 Å². The van der Waals surface area contributed by atoms with Crippen LogP contribution in [0.4, 0.5) is 11.4 Å². The van der Waals surface area contributed by atoms with Crippen LogP contribution in [0.5, 0.6) is 0 Å². The number of carboxylic acids is 1. The van der Waals surface area contributed by atoms with Crippen LogP contribution in [0.25, 0.3) is 0 Å². The van der Waals surface area contributed by atoms with Crippen LogP contribution in [0.15, 0.2) is 53.6 Å². The Morgan fingerprint density at radius 1 is 1.04 bits per heavy atom. The number of hydrogen-bond donors (Lipinski definition) is 3. The van der Waals surface area contributed by atoms with Crippen molar-refractivity contribution in [2.45, 2.75) is 13.8 Å². The molecule has 146 valence electrons. The van der Waals surface area contributed by atoms with Gasteiger partial charge in [0.25, 0.3) is 0 Å². The first kappa shape index (κ1) is 20.6. The number of rotatable bonds is 7. The third kappa shape index (κ3) is 5.66. The van der Waals surface area contributed by atoms with Crippen molar-refractivity contribution >= 4 is 35.4 Å². The Bertz CT molecular complexity index is 874. The molecule has 0 radical (unpaired) electrons. The van der Waals surface area contributed by atoms with E-state index in [1.165, 1.54) is 30.5 Å². The highest BCUT2D eigenvalue weighted by Crippen LogP contribution is 2.14. The van der Waals surface area contributed by atoms with E-state index in [9.17, 15) is 14.4 Å². The fourth-order valence-corrected chi connectivity index (χ4v) is 2.49. The Balaban J connectivity index is 1.91. The van der Waals surface area contributed by atoms with Gasteiger partial charge in [-0.1, -0.05) is 18.2 Å². The standard InChI is InChI=1S/C20H22N4O4/c1-3-24(4-2)17-10-8-14(9-11-17)13-21-23-19(26)18(25)22-16-7-5-6-15(12-16)20(27)28/h5-13H,3-4H2,1-2H3,(H,22,25)(H,23,26)(H,27,28). The topological polar surface area (TPSA) is 111 Å². The SMILES string of the molecule is CCN(CC)c1ccc(C=NNC(=O)C(=O)Nc2cccc(C(=O)O)c2)cc1. The number of amides is 2. The highest BCUT2D eigenvalue weighted by molar-refractivity contribution is 6.39. The van der Waals surface area contributed by atoms with Crippen LogP contribution in [0.2, 0.25) is 0 Å². The average Bonchev–Trinajstić information content (AvgIpc) is 2.70. The minimum Gasteiger partial charge on any atom is -0.478 e. The van der Waals surface area contributed by atoms with Crippen molar-refractivity contribution in [1.29, 1.82) is 0 Å². The molecule has 0 saturated heterocycles. The molecule has 8 heteroatoms. The van der Waals surface area contributed by atoms with Gasteiger partial charge >= 0.3 is 17.8 Å². The maximum atomic E-state index is 11.9. The minimum atomic E-state index is -1.13. The zero-order chi connectivity index (χ0) is 20.5. The van der Waals surface area contributed by atoms with Crippen LogP contribution in [-0.2, 0) is 9.59 Å². The first-order valence-electron chi connectivity index (χ1n) is 8.77. The van der Waals surface area contributed by atoms with E-state index in [2.05, 4.69) is 34.6 Å². The predicted molar refractivity (Wildman–Crippen MR) is 108 cm³/mol. The van der Waals surface area contributed by atoms with Gasteiger partial charge in [-0.15, -0.1) is 0 Å². The number of nitrogens with one attached hydrogen (secondary N) is 2. The lowest BCUT2D eigenvalue weighted by Gasteiger charge is -2.20. The largest absolute Gasteiger partial charge is 0.478 e. The summed E-state index contributed by atoms with van der Waals surface area (Å²) in [6, 6.07) is 13.2. The maximum Gasteiger partial charge on any atom is 0.335 e. The van der Waals surface area contributed by atoms with Crippen LogP contribution >= 0.6 is 0 Å². The lowest BCUT2D eigenvalue weighted by atomic mass is 10.2. The Kier molecular flexibility index (Phi) is 7.27. The molecule has 0 unspecified atom stereocenters. The fourth-order valence-electron chi connectivity index (χ4n) is 2.49. The van der Waals surface area contributed by atoms with Crippen molar-refractivity contribution in [2.24, 2.45) is 5.10 Å². The van der Waals surface area contributed by atoms with Gasteiger partial charge in [-0.25, -0.2) is 10.2 Å². The quantitative estimate of drug-likeness (QED) is 0.387. The lowest BCUT2D eigenvalue weighted by molar-refractivity contribution is -0.136. The first-order valence-corrected chi connectivity index (χ1v) is 8.77. The summed E-state index contributed by atoms with van der Waals surface area (Å²) in [5, 5.41) is 15.0. The van der Waals surface area contributed by atoms with Gasteiger partial charge < -0.3 is 15.3 Å². The summed E-state index contributed by atoms with van der Waals surface area (Å²) in [5.41, 5.74) is 4.21. The molecule has 0 bridgehead atoms. The summed E-state index contributed by atoms with van der Waals surface area (Å²) in [6.07, 6.45) is 1.43. The van der Waals surface area contributed by atoms with Gasteiger partial charge in [-0.2, -0.15) is 5.10 Å². The van der Waals surface area contributed by atoms with E-state index in [-0.39, 0.29) is 11.3 Å². The second kappa shape index (κ2) is 9.86. The second-order valence-corrected chi connectivity index (χ2v) is 5.80. The van der Waals surface area contributed by atoms with Crippen molar-refractivity contribution in [2.75, 3.05) is 23.3 Å². The minimum absolute atomic E-state index is 0.00406. The molecule has 0 aromatic heterocycles. The number of carbonyl (C=O) groups is 3. The normalized spacial score (nSPS) is 10.5. The zero-order valence-corrected chi connectivity index (χ0v) is 15.7. The smallest absolute Gasteiger partial charge is 0.335 e. The summed E-state index contributed by atoms with van der Waals surface area (Å²) in [5.74, 6) is -3.04. The lowest BCUT2D eigenvalue weighted by Crippen LogP contribution is -2.32. The predicted octanol–water partition coefficient (Wildman–Crippen LogP) is 2.32. The molecule has 3 N–H and O–H groups in total. The summed E-state index contributed by atoms with van der Waals surface area (Å²) in [7, 11) is 0. The third-order valence-corrected chi connectivity index (χ3v) is 3.98. The van der Waals surface area contributed by atoms with E-state index in [1.807, 2.05) is 24.3 Å². The number of hydrazone groups is 1. The van der Waals surface area contributed by atoms with Crippen LogP contribution in [-0.4, -0.2) is 42.2 Å². The molecule has 28 heavy (non-hydrogen) atoms. The van der Waals surface area contributed by atoms with Gasteiger partial charge in [-0.3, -0.25) is 9.59 Å². The van der Waals surface area contributed by atoms with E-state index < -0.39 is 17.8 Å². The molecule has 0 aliphatic carbocycles.